The molecule has 0 amide bonds. The molecule has 1 aromatic carbocycles. The van der Waals surface area contributed by atoms with Crippen LogP contribution in [0.15, 0.2) is 35.6 Å². The molecule has 0 radical (unpaired) electrons. The maximum atomic E-state index is 8.21. The Morgan fingerprint density at radius 1 is 1.28 bits per heavy atom. The van der Waals surface area contributed by atoms with Crippen molar-refractivity contribution in [3.05, 3.63) is 40.6 Å². The second-order valence-electron chi connectivity index (χ2n) is 4.54. The molecule has 2 unspecified atom stereocenters. The molecule has 18 heavy (non-hydrogen) atoms. The summed E-state index contributed by atoms with van der Waals surface area (Å²) >= 11 is 5.88. The molecule has 0 spiro atoms. The third-order valence-electron chi connectivity index (χ3n) is 2.93. The number of morpholine rings is 1. The van der Waals surface area contributed by atoms with Crippen molar-refractivity contribution in [1.82, 2.24) is 0 Å². The number of halogens is 1. The van der Waals surface area contributed by atoms with Crippen LogP contribution in [0.2, 0.25) is 5.02 Å². The smallest absolute Gasteiger partial charge is 0.248 e. The predicted octanol–water partition coefficient (Wildman–Crippen LogP) is 3.13. The molecule has 0 bridgehead atoms. The maximum Gasteiger partial charge on any atom is 0.248 e. The first-order valence-corrected chi connectivity index (χ1v) is 6.09. The Morgan fingerprint density at radius 2 is 1.94 bits per heavy atom. The van der Waals surface area contributed by atoms with Crippen molar-refractivity contribution in [1.29, 1.82) is 5.41 Å². The van der Waals surface area contributed by atoms with Crippen molar-refractivity contribution in [2.45, 2.75) is 26.4 Å². The van der Waals surface area contributed by atoms with Gasteiger partial charge in [-0.1, -0.05) is 11.6 Å². The summed E-state index contributed by atoms with van der Waals surface area (Å²) in [6.45, 7) is 3.85. The van der Waals surface area contributed by atoms with Crippen LogP contribution < -0.4 is 4.90 Å². The lowest BCUT2D eigenvalue weighted by Crippen LogP contribution is -2.40. The van der Waals surface area contributed by atoms with Crippen molar-refractivity contribution in [3.63, 3.8) is 0 Å². The lowest BCUT2D eigenvalue weighted by molar-refractivity contribution is 0.117. The number of hydrogen-bond donors (Lipinski definition) is 1. The van der Waals surface area contributed by atoms with Gasteiger partial charge in [-0.3, -0.25) is 10.3 Å². The van der Waals surface area contributed by atoms with E-state index in [1.165, 1.54) is 0 Å². The number of ether oxygens (including phenoxy) is 2. The highest BCUT2D eigenvalue weighted by Crippen LogP contribution is 2.39. The molecule has 2 atom stereocenters. The fourth-order valence-corrected chi connectivity index (χ4v) is 2.13. The summed E-state index contributed by atoms with van der Waals surface area (Å²) in [6, 6.07) is 7.37. The number of nitrogens with one attached hydrogen (secondary N) is 1. The molecule has 2 heterocycles. The average Bonchev–Trinajstić information content (AvgIpc) is 3.08. The van der Waals surface area contributed by atoms with Crippen molar-refractivity contribution in [3.8, 4) is 0 Å². The van der Waals surface area contributed by atoms with Crippen molar-refractivity contribution < 1.29 is 9.47 Å². The van der Waals surface area contributed by atoms with Crippen LogP contribution in [0.4, 0.5) is 5.69 Å². The van der Waals surface area contributed by atoms with Gasteiger partial charge < -0.3 is 9.47 Å². The fraction of sp³-hybridized carbons (Fsp3) is 0.308. The zero-order chi connectivity index (χ0) is 12.9. The molecule has 2 aliphatic heterocycles. The van der Waals surface area contributed by atoms with Gasteiger partial charge in [-0.15, -0.1) is 0 Å². The van der Waals surface area contributed by atoms with Gasteiger partial charge >= 0.3 is 0 Å². The van der Waals surface area contributed by atoms with E-state index in [4.69, 9.17) is 26.5 Å². The third kappa shape index (κ3) is 1.78. The summed E-state index contributed by atoms with van der Waals surface area (Å²) in [5.74, 6) is 0.916. The molecule has 1 aromatic rings. The Hall–Kier alpha value is -1.52. The first-order chi connectivity index (χ1) is 8.58. The fourth-order valence-electron chi connectivity index (χ4n) is 2.00. The van der Waals surface area contributed by atoms with Crippen LogP contribution in [-0.2, 0) is 9.47 Å². The SMILES string of the molecule is CC(C)=C1OC2OC2N(c2ccc(Cl)cc2)C1=N. The van der Waals surface area contributed by atoms with Gasteiger partial charge in [-0.25, -0.2) is 0 Å². The summed E-state index contributed by atoms with van der Waals surface area (Å²) in [6.07, 6.45) is -0.457. The number of epoxide rings is 1. The van der Waals surface area contributed by atoms with Gasteiger partial charge in [0.25, 0.3) is 0 Å². The van der Waals surface area contributed by atoms with E-state index in [1.807, 2.05) is 30.9 Å². The van der Waals surface area contributed by atoms with Gasteiger partial charge in [0.1, 0.15) is 0 Å². The van der Waals surface area contributed by atoms with Crippen LogP contribution in [0.3, 0.4) is 0 Å². The molecular formula is C13H13ClN2O2. The lowest BCUT2D eigenvalue weighted by Gasteiger charge is -2.28. The van der Waals surface area contributed by atoms with Gasteiger partial charge in [0.15, 0.2) is 11.6 Å². The van der Waals surface area contributed by atoms with Gasteiger partial charge in [0.2, 0.25) is 12.5 Å². The highest BCUT2D eigenvalue weighted by atomic mass is 35.5. The zero-order valence-electron chi connectivity index (χ0n) is 10.1. The molecular weight excluding hydrogens is 252 g/mol. The van der Waals surface area contributed by atoms with Crippen LogP contribution in [0.25, 0.3) is 0 Å². The van der Waals surface area contributed by atoms with E-state index in [0.29, 0.717) is 16.6 Å². The first kappa shape index (κ1) is 11.6. The summed E-state index contributed by atoms with van der Waals surface area (Å²) < 4.78 is 11.0. The molecule has 3 rings (SSSR count). The Kier molecular flexibility index (Phi) is 2.57. The standard InChI is InChI=1S/C13H13ClN2O2/c1-7(2)10-11(15)16(12-13(17-10)18-12)9-5-3-8(14)4-6-9/h3-6,12-13,15H,1-2H3. The summed E-state index contributed by atoms with van der Waals surface area (Å²) in [4.78, 5) is 1.83. The Bertz CT molecular complexity index is 534. The van der Waals surface area contributed by atoms with E-state index < -0.39 is 0 Å². The Balaban J connectivity index is 1.98. The highest BCUT2D eigenvalue weighted by molar-refractivity contribution is 6.30. The van der Waals surface area contributed by atoms with Crippen LogP contribution in [-0.4, -0.2) is 18.4 Å². The number of allylic oxidation sites excluding steroid dienone is 1. The van der Waals surface area contributed by atoms with Crippen LogP contribution in [0, 0.1) is 5.41 Å². The van der Waals surface area contributed by atoms with E-state index in [-0.39, 0.29) is 12.5 Å². The largest absolute Gasteiger partial charge is 0.456 e. The molecule has 2 saturated heterocycles. The van der Waals surface area contributed by atoms with Gasteiger partial charge in [0.05, 0.1) is 0 Å². The minimum Gasteiger partial charge on any atom is -0.456 e. The second kappa shape index (κ2) is 4.00. The Labute approximate surface area is 110 Å². The van der Waals surface area contributed by atoms with E-state index >= 15 is 0 Å². The van der Waals surface area contributed by atoms with Crippen molar-refractivity contribution in [2.75, 3.05) is 4.90 Å². The number of fused-ring (bicyclic) bond motifs is 1. The molecule has 2 fully saturated rings. The lowest BCUT2D eigenvalue weighted by atomic mass is 10.2. The summed E-state index contributed by atoms with van der Waals surface area (Å²) in [5, 5.41) is 8.89. The van der Waals surface area contributed by atoms with E-state index in [0.717, 1.165) is 11.3 Å². The molecule has 2 aliphatic rings. The molecule has 0 aromatic heterocycles. The molecule has 94 valence electrons. The maximum absolute atomic E-state index is 8.21. The normalized spacial score (nSPS) is 25.6. The Morgan fingerprint density at radius 3 is 2.56 bits per heavy atom. The predicted molar refractivity (Wildman–Crippen MR) is 69.8 cm³/mol. The summed E-state index contributed by atoms with van der Waals surface area (Å²) in [5.41, 5.74) is 1.85. The molecule has 1 N–H and O–H groups in total. The van der Waals surface area contributed by atoms with Crippen LogP contribution >= 0.6 is 11.6 Å². The van der Waals surface area contributed by atoms with Crippen molar-refractivity contribution in [2.24, 2.45) is 0 Å². The number of amidine groups is 1. The third-order valence-corrected chi connectivity index (χ3v) is 3.19. The van der Waals surface area contributed by atoms with E-state index in [1.54, 1.807) is 12.1 Å². The van der Waals surface area contributed by atoms with Gasteiger partial charge in [0, 0.05) is 10.7 Å². The summed E-state index contributed by atoms with van der Waals surface area (Å²) in [7, 11) is 0. The van der Waals surface area contributed by atoms with Crippen molar-refractivity contribution >= 4 is 23.1 Å². The number of anilines is 1. The number of rotatable bonds is 1. The minimum absolute atomic E-state index is 0.193. The van der Waals surface area contributed by atoms with Gasteiger partial charge in [-0.05, 0) is 43.7 Å². The molecule has 4 nitrogen and oxygen atoms in total. The topological polar surface area (TPSA) is 48.9 Å². The highest BCUT2D eigenvalue weighted by Gasteiger charge is 2.53. The molecule has 0 aliphatic carbocycles. The zero-order valence-corrected chi connectivity index (χ0v) is 10.9. The van der Waals surface area contributed by atoms with Gasteiger partial charge in [-0.2, -0.15) is 0 Å². The molecule has 5 heteroatoms. The van der Waals surface area contributed by atoms with E-state index in [2.05, 4.69) is 0 Å². The monoisotopic (exact) mass is 264 g/mol. The number of hydrogen-bond acceptors (Lipinski definition) is 3. The molecule has 0 saturated carbocycles. The van der Waals surface area contributed by atoms with Crippen LogP contribution in [0.1, 0.15) is 13.8 Å². The number of nitrogens with zero attached hydrogens (tertiary/aromatic N) is 1. The first-order valence-electron chi connectivity index (χ1n) is 5.71. The quantitative estimate of drug-likeness (QED) is 0.793. The van der Waals surface area contributed by atoms with E-state index in [9.17, 15) is 0 Å². The second-order valence-corrected chi connectivity index (χ2v) is 4.97. The van der Waals surface area contributed by atoms with Crippen LogP contribution in [0.5, 0.6) is 0 Å². The number of benzene rings is 1. The minimum atomic E-state index is -0.264. The average molecular weight is 265 g/mol.